The van der Waals surface area contributed by atoms with Crippen molar-refractivity contribution in [3.8, 4) is 12.1 Å². The summed E-state index contributed by atoms with van der Waals surface area (Å²) in [7, 11) is 0. The van der Waals surface area contributed by atoms with Gasteiger partial charge in [0.25, 0.3) is 0 Å². The highest BCUT2D eigenvalue weighted by molar-refractivity contribution is 6.30. The van der Waals surface area contributed by atoms with Crippen LogP contribution < -0.4 is 0 Å². The molecule has 1 aromatic rings. The Labute approximate surface area is 81.2 Å². The predicted molar refractivity (Wildman–Crippen MR) is 48.1 cm³/mol. The first-order valence-electron chi connectivity index (χ1n) is 3.72. The van der Waals surface area contributed by atoms with Crippen molar-refractivity contribution in [1.82, 2.24) is 4.98 Å². The number of halogens is 1. The van der Waals surface area contributed by atoms with Crippen molar-refractivity contribution < 1.29 is 0 Å². The van der Waals surface area contributed by atoms with Crippen molar-refractivity contribution in [1.29, 1.82) is 10.5 Å². The first kappa shape index (κ1) is 9.51. The molecule has 0 N–H and O–H groups in total. The predicted octanol–water partition coefficient (Wildman–Crippen LogP) is 2.04. The van der Waals surface area contributed by atoms with E-state index in [4.69, 9.17) is 22.1 Å². The Hall–Kier alpha value is -1.58. The molecule has 0 saturated heterocycles. The summed E-state index contributed by atoms with van der Waals surface area (Å²) >= 11 is 5.69. The third-order valence-electron chi connectivity index (χ3n) is 1.73. The minimum Gasteiger partial charge on any atom is -0.242 e. The van der Waals surface area contributed by atoms with Crippen molar-refractivity contribution in [3.63, 3.8) is 0 Å². The highest BCUT2D eigenvalue weighted by atomic mass is 35.5. The van der Waals surface area contributed by atoms with Crippen LogP contribution in [0.25, 0.3) is 0 Å². The van der Waals surface area contributed by atoms with Crippen LogP contribution in [0, 0.1) is 22.7 Å². The Bertz CT molecular complexity index is 412. The van der Waals surface area contributed by atoms with E-state index in [1.165, 1.54) is 6.20 Å². The Balaban J connectivity index is 3.50. The average molecular weight is 192 g/mol. The van der Waals surface area contributed by atoms with E-state index in [0.29, 0.717) is 23.1 Å². The smallest absolute Gasteiger partial charge is 0.147 e. The second kappa shape index (κ2) is 3.89. The molecule has 13 heavy (non-hydrogen) atoms. The van der Waals surface area contributed by atoms with Gasteiger partial charge in [0.2, 0.25) is 0 Å². The van der Waals surface area contributed by atoms with Crippen molar-refractivity contribution in [2.75, 3.05) is 0 Å². The maximum atomic E-state index is 8.77. The molecular formula is C9H6ClN3. The summed E-state index contributed by atoms with van der Waals surface area (Å²) in [6.07, 6.45) is 2.00. The van der Waals surface area contributed by atoms with E-state index in [2.05, 4.69) is 4.98 Å². The van der Waals surface area contributed by atoms with Crippen LogP contribution in [0.2, 0.25) is 5.15 Å². The fraction of sp³-hybridized carbons (Fsp3) is 0.222. The zero-order valence-corrected chi connectivity index (χ0v) is 7.76. The molecule has 64 valence electrons. The van der Waals surface area contributed by atoms with Gasteiger partial charge in [-0.3, -0.25) is 0 Å². The summed E-state index contributed by atoms with van der Waals surface area (Å²) in [6, 6.07) is 3.92. The highest BCUT2D eigenvalue weighted by Crippen LogP contribution is 2.20. The lowest BCUT2D eigenvalue weighted by atomic mass is 10.0. The first-order valence-corrected chi connectivity index (χ1v) is 4.10. The molecule has 0 saturated carbocycles. The number of aromatic nitrogens is 1. The minimum atomic E-state index is 0.165. The summed E-state index contributed by atoms with van der Waals surface area (Å²) < 4.78 is 0. The van der Waals surface area contributed by atoms with E-state index in [0.717, 1.165) is 0 Å². The third-order valence-corrected chi connectivity index (χ3v) is 2.01. The highest BCUT2D eigenvalue weighted by Gasteiger charge is 2.10. The molecule has 0 aromatic carbocycles. The van der Waals surface area contributed by atoms with Crippen molar-refractivity contribution >= 4 is 11.6 Å². The molecule has 0 fully saturated rings. The molecule has 0 bridgehead atoms. The standard InChI is InChI=1S/C9H6ClN3/c1-2-7-6(3-11)5-13-9(10)8(7)4-12/h5H,2H2,1H3. The third kappa shape index (κ3) is 1.61. The molecule has 1 aromatic heterocycles. The van der Waals surface area contributed by atoms with E-state index in [-0.39, 0.29) is 5.15 Å². The average Bonchev–Trinajstić information content (AvgIpc) is 2.17. The van der Waals surface area contributed by atoms with Crippen LogP contribution in [0.3, 0.4) is 0 Å². The van der Waals surface area contributed by atoms with Gasteiger partial charge in [-0.05, 0) is 12.0 Å². The lowest BCUT2D eigenvalue weighted by molar-refractivity contribution is 1.09. The summed E-state index contributed by atoms with van der Waals surface area (Å²) in [4.78, 5) is 3.75. The van der Waals surface area contributed by atoms with Crippen LogP contribution in [-0.4, -0.2) is 4.98 Å². The van der Waals surface area contributed by atoms with Crippen LogP contribution in [-0.2, 0) is 6.42 Å². The Morgan fingerprint density at radius 2 is 2.15 bits per heavy atom. The quantitative estimate of drug-likeness (QED) is 0.639. The van der Waals surface area contributed by atoms with Crippen molar-refractivity contribution in [2.45, 2.75) is 13.3 Å². The van der Waals surface area contributed by atoms with Crippen molar-refractivity contribution in [2.24, 2.45) is 0 Å². The molecule has 0 radical (unpaired) electrons. The van der Waals surface area contributed by atoms with Gasteiger partial charge in [-0.15, -0.1) is 0 Å². The SMILES string of the molecule is CCc1c(C#N)cnc(Cl)c1C#N. The monoisotopic (exact) mass is 191 g/mol. The molecule has 0 spiro atoms. The van der Waals surface area contributed by atoms with Gasteiger partial charge >= 0.3 is 0 Å². The van der Waals surface area contributed by atoms with Gasteiger partial charge in [0.15, 0.2) is 0 Å². The molecular weight excluding hydrogens is 186 g/mol. The van der Waals surface area contributed by atoms with E-state index >= 15 is 0 Å². The Morgan fingerprint density at radius 3 is 2.62 bits per heavy atom. The zero-order valence-electron chi connectivity index (χ0n) is 7.00. The van der Waals surface area contributed by atoms with Crippen LogP contribution in [0.1, 0.15) is 23.6 Å². The normalized spacial score (nSPS) is 8.92. The van der Waals surface area contributed by atoms with Gasteiger partial charge in [0.05, 0.1) is 11.1 Å². The topological polar surface area (TPSA) is 60.5 Å². The fourth-order valence-corrected chi connectivity index (χ4v) is 1.31. The lowest BCUT2D eigenvalue weighted by Crippen LogP contribution is -1.96. The fourth-order valence-electron chi connectivity index (χ4n) is 1.10. The van der Waals surface area contributed by atoms with Crippen LogP contribution in [0.15, 0.2) is 6.20 Å². The second-order valence-corrected chi connectivity index (χ2v) is 2.75. The van der Waals surface area contributed by atoms with Gasteiger partial charge in [0, 0.05) is 6.20 Å². The van der Waals surface area contributed by atoms with E-state index in [9.17, 15) is 0 Å². The Kier molecular flexibility index (Phi) is 2.84. The number of nitriles is 2. The molecule has 0 amide bonds. The maximum Gasteiger partial charge on any atom is 0.147 e. The molecule has 1 rings (SSSR count). The summed E-state index contributed by atoms with van der Waals surface area (Å²) in [6.45, 7) is 1.87. The number of rotatable bonds is 1. The first-order chi connectivity index (χ1) is 6.24. The van der Waals surface area contributed by atoms with Gasteiger partial charge in [-0.1, -0.05) is 18.5 Å². The van der Waals surface area contributed by atoms with Gasteiger partial charge in [0.1, 0.15) is 17.3 Å². The molecule has 0 aliphatic rings. The summed E-state index contributed by atoms with van der Waals surface area (Å²) in [5.41, 5.74) is 1.40. The molecule has 0 unspecified atom stereocenters. The summed E-state index contributed by atoms with van der Waals surface area (Å²) in [5.74, 6) is 0. The number of nitrogens with zero attached hydrogens (tertiary/aromatic N) is 3. The number of hydrogen-bond acceptors (Lipinski definition) is 3. The van der Waals surface area contributed by atoms with E-state index in [1.54, 1.807) is 0 Å². The molecule has 0 aliphatic carbocycles. The van der Waals surface area contributed by atoms with Crippen molar-refractivity contribution in [3.05, 3.63) is 28.0 Å². The van der Waals surface area contributed by atoms with Crippen LogP contribution in [0.4, 0.5) is 0 Å². The molecule has 1 heterocycles. The largest absolute Gasteiger partial charge is 0.242 e. The van der Waals surface area contributed by atoms with Crippen LogP contribution >= 0.6 is 11.6 Å². The summed E-state index contributed by atoms with van der Waals surface area (Å²) in [5, 5.41) is 17.6. The molecule has 3 nitrogen and oxygen atoms in total. The molecule has 0 atom stereocenters. The molecule has 0 aliphatic heterocycles. The Morgan fingerprint density at radius 1 is 1.46 bits per heavy atom. The van der Waals surface area contributed by atoms with Gasteiger partial charge < -0.3 is 0 Å². The molecule has 4 heteroatoms. The van der Waals surface area contributed by atoms with E-state index in [1.807, 2.05) is 19.1 Å². The van der Waals surface area contributed by atoms with Gasteiger partial charge in [-0.2, -0.15) is 10.5 Å². The number of hydrogen-bond donors (Lipinski definition) is 0. The van der Waals surface area contributed by atoms with E-state index < -0.39 is 0 Å². The minimum absolute atomic E-state index is 0.165. The van der Waals surface area contributed by atoms with Gasteiger partial charge in [-0.25, -0.2) is 4.98 Å². The van der Waals surface area contributed by atoms with Crippen LogP contribution in [0.5, 0.6) is 0 Å². The zero-order chi connectivity index (χ0) is 9.84. The second-order valence-electron chi connectivity index (χ2n) is 2.39. The lowest BCUT2D eigenvalue weighted by Gasteiger charge is -2.03. The maximum absolute atomic E-state index is 8.77. The number of pyridine rings is 1.